The molecule has 0 aliphatic heterocycles. The fourth-order valence-electron chi connectivity index (χ4n) is 2.60. The van der Waals surface area contributed by atoms with Crippen LogP contribution in [0.1, 0.15) is 10.4 Å². The molecule has 0 aliphatic carbocycles. The van der Waals surface area contributed by atoms with E-state index in [4.69, 9.17) is 9.47 Å². The molecule has 0 saturated heterocycles. The molecule has 3 aromatic carbocycles. The third kappa shape index (κ3) is 4.87. The molecule has 0 aromatic heterocycles. The first-order chi connectivity index (χ1) is 14.3. The topological polar surface area (TPSA) is 93.7 Å². The molecule has 7 nitrogen and oxygen atoms in total. The minimum Gasteiger partial charge on any atom is -0.497 e. The molecule has 3 rings (SSSR count). The highest BCUT2D eigenvalue weighted by atomic mass is 32.2. The third-order valence-corrected chi connectivity index (χ3v) is 5.57. The van der Waals surface area contributed by atoms with E-state index in [-0.39, 0.29) is 11.3 Å². The van der Waals surface area contributed by atoms with Crippen LogP contribution >= 0.6 is 0 Å². The van der Waals surface area contributed by atoms with Crippen molar-refractivity contribution in [2.24, 2.45) is 0 Å². The van der Waals surface area contributed by atoms with Crippen molar-refractivity contribution < 1.29 is 27.1 Å². The second kappa shape index (κ2) is 8.83. The Morgan fingerprint density at radius 3 is 1.90 bits per heavy atom. The summed E-state index contributed by atoms with van der Waals surface area (Å²) in [7, 11) is -1.26. The van der Waals surface area contributed by atoms with E-state index in [1.54, 1.807) is 36.4 Å². The zero-order chi connectivity index (χ0) is 21.7. The molecular formula is C21H19FN2O5S. The minimum absolute atomic E-state index is 0.0117. The van der Waals surface area contributed by atoms with Gasteiger partial charge in [-0.2, -0.15) is 0 Å². The molecule has 0 saturated carbocycles. The van der Waals surface area contributed by atoms with Gasteiger partial charge in [0.1, 0.15) is 22.2 Å². The van der Waals surface area contributed by atoms with Gasteiger partial charge in [0.2, 0.25) is 0 Å². The Hall–Kier alpha value is -3.59. The zero-order valence-electron chi connectivity index (χ0n) is 16.2. The number of benzene rings is 3. The van der Waals surface area contributed by atoms with Crippen LogP contribution in [0.5, 0.6) is 11.5 Å². The molecule has 30 heavy (non-hydrogen) atoms. The lowest BCUT2D eigenvalue weighted by Gasteiger charge is -2.11. The summed E-state index contributed by atoms with van der Waals surface area (Å²) in [6.45, 7) is 0. The van der Waals surface area contributed by atoms with Gasteiger partial charge in [0.25, 0.3) is 15.9 Å². The highest BCUT2D eigenvalue weighted by molar-refractivity contribution is 7.92. The number of carbonyl (C=O) groups is 1. The Balaban J connectivity index is 1.82. The summed E-state index contributed by atoms with van der Waals surface area (Å²) in [5, 5.41) is 2.62. The van der Waals surface area contributed by atoms with E-state index in [2.05, 4.69) is 10.0 Å². The quantitative estimate of drug-likeness (QED) is 0.593. The molecule has 0 unspecified atom stereocenters. The maximum Gasteiger partial charge on any atom is 0.264 e. The minimum atomic E-state index is -4.26. The molecule has 0 atom stereocenters. The predicted octanol–water partition coefficient (Wildman–Crippen LogP) is 3.90. The van der Waals surface area contributed by atoms with Crippen LogP contribution in [0.3, 0.4) is 0 Å². The maximum atomic E-state index is 14.3. The summed E-state index contributed by atoms with van der Waals surface area (Å²) in [4.78, 5) is 11.9. The second-order valence-corrected chi connectivity index (χ2v) is 7.81. The first-order valence-corrected chi connectivity index (χ1v) is 10.2. The lowest BCUT2D eigenvalue weighted by Crippen LogP contribution is -2.17. The van der Waals surface area contributed by atoms with Crippen LogP contribution in [-0.2, 0) is 10.0 Å². The van der Waals surface area contributed by atoms with Crippen molar-refractivity contribution in [1.29, 1.82) is 0 Å². The average Bonchev–Trinajstić information content (AvgIpc) is 2.74. The van der Waals surface area contributed by atoms with E-state index in [1.807, 2.05) is 0 Å². The van der Waals surface area contributed by atoms with Gasteiger partial charge in [-0.25, -0.2) is 12.8 Å². The van der Waals surface area contributed by atoms with Crippen LogP contribution in [0.15, 0.2) is 71.6 Å². The smallest absolute Gasteiger partial charge is 0.264 e. The first-order valence-electron chi connectivity index (χ1n) is 8.74. The van der Waals surface area contributed by atoms with E-state index in [0.717, 1.165) is 12.1 Å². The van der Waals surface area contributed by atoms with Crippen LogP contribution in [0, 0.1) is 5.82 Å². The highest BCUT2D eigenvalue weighted by Gasteiger charge is 2.21. The van der Waals surface area contributed by atoms with Gasteiger partial charge in [0.15, 0.2) is 0 Å². The van der Waals surface area contributed by atoms with Crippen molar-refractivity contribution in [2.45, 2.75) is 4.90 Å². The van der Waals surface area contributed by atoms with E-state index < -0.39 is 26.6 Å². The monoisotopic (exact) mass is 430 g/mol. The molecule has 0 radical (unpaired) electrons. The van der Waals surface area contributed by atoms with Gasteiger partial charge in [-0.05, 0) is 66.7 Å². The molecule has 0 heterocycles. The lowest BCUT2D eigenvalue weighted by molar-refractivity contribution is 0.102. The second-order valence-electron chi connectivity index (χ2n) is 6.16. The summed E-state index contributed by atoms with van der Waals surface area (Å²) < 4.78 is 51.9. The van der Waals surface area contributed by atoms with Crippen LogP contribution in [0.4, 0.5) is 15.8 Å². The Labute approximate surface area is 173 Å². The number of rotatable bonds is 7. The van der Waals surface area contributed by atoms with Gasteiger partial charge < -0.3 is 14.8 Å². The van der Waals surface area contributed by atoms with Gasteiger partial charge in [0, 0.05) is 16.9 Å². The summed E-state index contributed by atoms with van der Waals surface area (Å²) in [6.07, 6.45) is 0. The summed E-state index contributed by atoms with van der Waals surface area (Å²) in [6, 6.07) is 15.8. The molecule has 2 N–H and O–H groups in total. The van der Waals surface area contributed by atoms with E-state index in [1.165, 1.54) is 32.4 Å². The number of carbonyl (C=O) groups excluding carboxylic acids is 1. The van der Waals surface area contributed by atoms with Crippen LogP contribution < -0.4 is 19.5 Å². The molecular weight excluding hydrogens is 411 g/mol. The van der Waals surface area contributed by atoms with Crippen molar-refractivity contribution >= 4 is 27.3 Å². The van der Waals surface area contributed by atoms with Crippen molar-refractivity contribution in [3.8, 4) is 11.5 Å². The molecule has 0 fully saturated rings. The molecule has 9 heteroatoms. The molecule has 1 amide bonds. The number of sulfonamides is 1. The number of anilines is 2. The molecule has 156 valence electrons. The molecule has 0 spiro atoms. The van der Waals surface area contributed by atoms with Gasteiger partial charge >= 0.3 is 0 Å². The number of hydrogen-bond acceptors (Lipinski definition) is 5. The summed E-state index contributed by atoms with van der Waals surface area (Å²) in [5.74, 6) is -0.396. The van der Waals surface area contributed by atoms with E-state index >= 15 is 0 Å². The largest absolute Gasteiger partial charge is 0.497 e. The molecule has 0 aliphatic rings. The number of amides is 1. The predicted molar refractivity (Wildman–Crippen MR) is 111 cm³/mol. The maximum absolute atomic E-state index is 14.3. The van der Waals surface area contributed by atoms with Crippen molar-refractivity contribution in [2.75, 3.05) is 24.3 Å². The fraction of sp³-hybridized carbons (Fsp3) is 0.0952. The number of ether oxygens (including phenoxy) is 2. The lowest BCUT2D eigenvalue weighted by atomic mass is 10.2. The van der Waals surface area contributed by atoms with Crippen molar-refractivity contribution in [3.05, 3.63) is 78.1 Å². The Kier molecular flexibility index (Phi) is 6.22. The molecule has 0 bridgehead atoms. The van der Waals surface area contributed by atoms with Gasteiger partial charge in [-0.15, -0.1) is 0 Å². The van der Waals surface area contributed by atoms with Crippen LogP contribution in [0.25, 0.3) is 0 Å². The van der Waals surface area contributed by atoms with Crippen LogP contribution in [0.2, 0.25) is 0 Å². The first kappa shape index (κ1) is 21.1. The van der Waals surface area contributed by atoms with E-state index in [9.17, 15) is 17.6 Å². The van der Waals surface area contributed by atoms with E-state index in [0.29, 0.717) is 17.2 Å². The van der Waals surface area contributed by atoms with Gasteiger partial charge in [-0.1, -0.05) is 0 Å². The summed E-state index contributed by atoms with van der Waals surface area (Å²) in [5.41, 5.74) is 0.691. The number of hydrogen-bond donors (Lipinski definition) is 2. The zero-order valence-corrected chi connectivity index (χ0v) is 17.0. The highest BCUT2D eigenvalue weighted by Crippen LogP contribution is 2.23. The SMILES string of the molecule is COc1ccc(NC(=O)c2ccc(F)c(S(=O)(=O)Nc3ccc(OC)cc3)c2)cc1. The number of methoxy groups -OCH3 is 2. The fourth-order valence-corrected chi connectivity index (χ4v) is 3.76. The summed E-state index contributed by atoms with van der Waals surface area (Å²) >= 11 is 0. The van der Waals surface area contributed by atoms with Crippen molar-refractivity contribution in [3.63, 3.8) is 0 Å². The van der Waals surface area contributed by atoms with Crippen molar-refractivity contribution in [1.82, 2.24) is 0 Å². The third-order valence-electron chi connectivity index (χ3n) is 4.17. The standard InChI is InChI=1S/C21H19FN2O5S/c1-28-17-8-4-15(5-9-17)23-21(25)14-3-12-19(22)20(13-14)30(26,27)24-16-6-10-18(29-2)11-7-16/h3-13,24H,1-2H3,(H,23,25). The molecule has 3 aromatic rings. The van der Waals surface area contributed by atoms with Gasteiger partial charge in [0.05, 0.1) is 14.2 Å². The normalized spacial score (nSPS) is 10.9. The van der Waals surface area contributed by atoms with Gasteiger partial charge in [-0.3, -0.25) is 9.52 Å². The Bertz CT molecular complexity index is 1150. The number of nitrogens with one attached hydrogen (secondary N) is 2. The Morgan fingerprint density at radius 1 is 0.833 bits per heavy atom. The average molecular weight is 430 g/mol. The Morgan fingerprint density at radius 2 is 1.37 bits per heavy atom. The number of halogens is 1. The van der Waals surface area contributed by atoms with Crippen LogP contribution in [-0.4, -0.2) is 28.5 Å².